The Balaban J connectivity index is 1.51. The van der Waals surface area contributed by atoms with Gasteiger partial charge in [0.1, 0.15) is 11.5 Å². The minimum atomic E-state index is -1.04. The first-order chi connectivity index (χ1) is 17.9. The molecule has 2 heterocycles. The fourth-order valence-corrected chi connectivity index (χ4v) is 4.02. The molecule has 0 unspecified atom stereocenters. The van der Waals surface area contributed by atoms with Gasteiger partial charge in [-0.15, -0.1) is 0 Å². The molecule has 188 valence electrons. The minimum Gasteiger partial charge on any atom is -0.481 e. The number of aliphatic carboxylic acids is 1. The maximum Gasteiger partial charge on any atom is 0.341 e. The predicted molar refractivity (Wildman–Crippen MR) is 137 cm³/mol. The van der Waals surface area contributed by atoms with Gasteiger partial charge in [0.05, 0.1) is 6.61 Å². The summed E-state index contributed by atoms with van der Waals surface area (Å²) >= 11 is 0. The van der Waals surface area contributed by atoms with Crippen molar-refractivity contribution in [1.29, 1.82) is 0 Å². The van der Waals surface area contributed by atoms with Crippen LogP contribution in [-0.4, -0.2) is 39.2 Å². The number of ether oxygens (including phenoxy) is 3. The summed E-state index contributed by atoms with van der Waals surface area (Å²) in [7, 11) is 0. The van der Waals surface area contributed by atoms with Gasteiger partial charge in [0.15, 0.2) is 12.1 Å². The molecule has 9 nitrogen and oxygen atoms in total. The van der Waals surface area contributed by atoms with Gasteiger partial charge in [0, 0.05) is 5.56 Å². The number of oxazole rings is 1. The summed E-state index contributed by atoms with van der Waals surface area (Å²) in [5, 5.41) is 11.1. The molecule has 5 aromatic rings. The molecule has 0 amide bonds. The van der Waals surface area contributed by atoms with Crippen molar-refractivity contribution < 1.29 is 28.5 Å². The van der Waals surface area contributed by atoms with Gasteiger partial charge in [0.25, 0.3) is 11.6 Å². The van der Waals surface area contributed by atoms with Gasteiger partial charge in [-0.05, 0) is 66.4 Å². The van der Waals surface area contributed by atoms with E-state index in [4.69, 9.17) is 23.7 Å². The smallest absolute Gasteiger partial charge is 0.341 e. The van der Waals surface area contributed by atoms with E-state index in [1.54, 1.807) is 0 Å². The van der Waals surface area contributed by atoms with Crippen LogP contribution in [0.4, 0.5) is 0 Å². The van der Waals surface area contributed by atoms with Crippen molar-refractivity contribution in [2.75, 3.05) is 13.2 Å². The molecule has 0 aliphatic heterocycles. The van der Waals surface area contributed by atoms with E-state index in [9.17, 15) is 4.79 Å². The van der Waals surface area contributed by atoms with Crippen LogP contribution in [0, 0.1) is 13.8 Å². The van der Waals surface area contributed by atoms with Crippen LogP contribution in [0.25, 0.3) is 33.5 Å². The average molecular weight is 500 g/mol. The summed E-state index contributed by atoms with van der Waals surface area (Å²) in [4.78, 5) is 24.4. The Labute approximate surface area is 212 Å². The van der Waals surface area contributed by atoms with Gasteiger partial charge in [-0.2, -0.15) is 9.97 Å². The van der Waals surface area contributed by atoms with Crippen molar-refractivity contribution in [3.63, 3.8) is 0 Å². The number of benzene rings is 3. The Bertz CT molecular complexity index is 1590. The van der Waals surface area contributed by atoms with Crippen molar-refractivity contribution >= 4 is 28.0 Å². The number of carbonyl (C=O) groups is 1. The minimum absolute atomic E-state index is 0.0846. The maximum absolute atomic E-state index is 10.9. The Hall–Kier alpha value is -4.66. The largest absolute Gasteiger partial charge is 0.481 e. The van der Waals surface area contributed by atoms with E-state index >= 15 is 0 Å². The van der Waals surface area contributed by atoms with Crippen LogP contribution in [0.5, 0.6) is 23.4 Å². The number of hydrogen-bond donors (Lipinski definition) is 1. The highest BCUT2D eigenvalue weighted by Crippen LogP contribution is 2.34. The van der Waals surface area contributed by atoms with Crippen LogP contribution < -0.4 is 14.2 Å². The summed E-state index contributed by atoms with van der Waals surface area (Å²) in [6, 6.07) is 17.5. The van der Waals surface area contributed by atoms with E-state index in [1.807, 2.05) is 75.4 Å². The van der Waals surface area contributed by atoms with Crippen LogP contribution in [0.3, 0.4) is 0 Å². The molecule has 5 rings (SSSR count). The van der Waals surface area contributed by atoms with E-state index in [2.05, 4.69) is 15.0 Å². The zero-order chi connectivity index (χ0) is 25.9. The molecular weight excluding hydrogens is 474 g/mol. The van der Waals surface area contributed by atoms with Gasteiger partial charge < -0.3 is 23.7 Å². The molecule has 0 aliphatic carbocycles. The third kappa shape index (κ3) is 5.16. The Kier molecular flexibility index (Phi) is 6.59. The summed E-state index contributed by atoms with van der Waals surface area (Å²) in [5.74, 6) is 0.654. The fraction of sp³-hybridized carbons (Fsp3) is 0.214. The van der Waals surface area contributed by atoms with Crippen LogP contribution >= 0.6 is 0 Å². The molecule has 0 bridgehead atoms. The summed E-state index contributed by atoms with van der Waals surface area (Å²) in [5.41, 5.74) is 2.82. The zero-order valence-electron chi connectivity index (χ0n) is 20.6. The molecule has 0 saturated carbocycles. The number of aromatic nitrogens is 3. The Morgan fingerprint density at radius 2 is 1.70 bits per heavy atom. The molecule has 1 N–H and O–H groups in total. The summed E-state index contributed by atoms with van der Waals surface area (Å²) < 4.78 is 23.3. The monoisotopic (exact) mass is 499 g/mol. The van der Waals surface area contributed by atoms with Crippen molar-refractivity contribution in [1.82, 2.24) is 15.0 Å². The van der Waals surface area contributed by atoms with E-state index in [0.717, 1.165) is 28.3 Å². The van der Waals surface area contributed by atoms with Crippen LogP contribution in [-0.2, 0) is 4.79 Å². The molecule has 0 saturated heterocycles. The Morgan fingerprint density at radius 1 is 0.946 bits per heavy atom. The third-order valence-electron chi connectivity index (χ3n) is 5.63. The molecule has 3 aromatic carbocycles. The van der Waals surface area contributed by atoms with E-state index in [1.165, 1.54) is 0 Å². The number of nitrogens with zero attached hydrogens (tertiary/aromatic N) is 3. The van der Waals surface area contributed by atoms with E-state index < -0.39 is 12.6 Å². The van der Waals surface area contributed by atoms with E-state index in [-0.39, 0.29) is 17.6 Å². The quantitative estimate of drug-likeness (QED) is 0.257. The van der Waals surface area contributed by atoms with Gasteiger partial charge in [-0.25, -0.2) is 9.78 Å². The van der Waals surface area contributed by atoms with Gasteiger partial charge >= 0.3 is 12.0 Å². The first kappa shape index (κ1) is 24.1. The molecule has 2 aromatic heterocycles. The second-order valence-corrected chi connectivity index (χ2v) is 8.57. The van der Waals surface area contributed by atoms with Crippen molar-refractivity contribution in [2.45, 2.75) is 27.2 Å². The molecule has 0 radical (unpaired) electrons. The summed E-state index contributed by atoms with van der Waals surface area (Å²) in [6.45, 7) is 5.69. The highest BCUT2D eigenvalue weighted by Gasteiger charge is 2.20. The lowest BCUT2D eigenvalue weighted by Crippen LogP contribution is -2.10. The highest BCUT2D eigenvalue weighted by atomic mass is 16.5. The second-order valence-electron chi connectivity index (χ2n) is 8.57. The maximum atomic E-state index is 10.9. The first-order valence-electron chi connectivity index (χ1n) is 11.9. The van der Waals surface area contributed by atoms with E-state index in [0.29, 0.717) is 35.1 Å². The normalized spacial score (nSPS) is 11.1. The van der Waals surface area contributed by atoms with Gasteiger partial charge in [-0.3, -0.25) is 0 Å². The standard InChI is InChI=1S/C28H25N3O6/c1-4-11-34-26-23-27(31-28(30-26)36-21-10-9-18-7-5-6-8-19(18)14-21)37-25(29-23)20-12-16(2)24(17(3)13-20)35-15-22(32)33/h5-10,12-14H,4,11,15H2,1-3H3,(H,32,33). The predicted octanol–water partition coefficient (Wildman–Crippen LogP) is 6.10. The number of fused-ring (bicyclic) bond motifs is 2. The van der Waals surface area contributed by atoms with Gasteiger partial charge in [0.2, 0.25) is 5.89 Å². The number of carboxylic acids is 1. The Morgan fingerprint density at radius 3 is 2.43 bits per heavy atom. The fourth-order valence-electron chi connectivity index (χ4n) is 4.02. The lowest BCUT2D eigenvalue weighted by molar-refractivity contribution is -0.139. The molecular formula is C28H25N3O6. The number of aryl methyl sites for hydroxylation is 2. The molecule has 0 aliphatic rings. The van der Waals surface area contributed by atoms with Crippen molar-refractivity contribution in [3.05, 3.63) is 65.7 Å². The first-order valence-corrected chi connectivity index (χ1v) is 11.9. The topological polar surface area (TPSA) is 117 Å². The second kappa shape index (κ2) is 10.1. The molecule has 0 spiro atoms. The lowest BCUT2D eigenvalue weighted by Gasteiger charge is -2.11. The molecule has 0 fully saturated rings. The highest BCUT2D eigenvalue weighted by molar-refractivity contribution is 5.84. The molecule has 9 heteroatoms. The number of hydrogen-bond acceptors (Lipinski definition) is 8. The van der Waals surface area contributed by atoms with Crippen LogP contribution in [0.1, 0.15) is 24.5 Å². The van der Waals surface area contributed by atoms with Crippen molar-refractivity contribution in [2.24, 2.45) is 0 Å². The third-order valence-corrected chi connectivity index (χ3v) is 5.63. The zero-order valence-corrected chi connectivity index (χ0v) is 20.6. The lowest BCUT2D eigenvalue weighted by atomic mass is 10.1. The van der Waals surface area contributed by atoms with Crippen molar-refractivity contribution in [3.8, 4) is 34.8 Å². The summed E-state index contributed by atoms with van der Waals surface area (Å²) in [6.07, 6.45) is 0.785. The molecule has 37 heavy (non-hydrogen) atoms. The number of carboxylic acid groups (broad SMARTS) is 1. The van der Waals surface area contributed by atoms with Gasteiger partial charge in [-0.1, -0.05) is 37.3 Å². The molecule has 0 atom stereocenters. The van der Waals surface area contributed by atoms with Crippen LogP contribution in [0.15, 0.2) is 59.0 Å². The van der Waals surface area contributed by atoms with Crippen LogP contribution in [0.2, 0.25) is 0 Å². The number of rotatable bonds is 9. The SMILES string of the molecule is CCCOc1nc(Oc2ccc3ccccc3c2)nc2oc(-c3cc(C)c(OCC(=O)O)c(C)c3)nc12. The average Bonchev–Trinajstić information content (AvgIpc) is 3.31.